The third-order valence-electron chi connectivity index (χ3n) is 2.20. The van der Waals surface area contributed by atoms with Crippen molar-refractivity contribution < 1.29 is 23.0 Å². The molecule has 0 saturated heterocycles. The second kappa shape index (κ2) is 4.50. The van der Waals surface area contributed by atoms with Crippen molar-refractivity contribution in [3.63, 3.8) is 0 Å². The Morgan fingerprint density at radius 1 is 1.50 bits per heavy atom. The maximum absolute atomic E-state index is 12.9. The Bertz CT molecular complexity index is 536. The number of carbonyl (C=O) groups excluding carboxylic acids is 1. The number of nitrogens with one attached hydrogen (secondary N) is 1. The highest BCUT2D eigenvalue weighted by Crippen LogP contribution is 2.43. The summed E-state index contributed by atoms with van der Waals surface area (Å²) in [5.74, 6) is -0.537. The largest absolute Gasteiger partial charge is 0.586 e. The summed E-state index contributed by atoms with van der Waals surface area (Å²) in [5.41, 5.74) is 2.70. The van der Waals surface area contributed by atoms with Crippen LogP contribution in [0, 0.1) is 0 Å². The summed E-state index contributed by atoms with van der Waals surface area (Å²) in [5, 5.41) is 2.48. The van der Waals surface area contributed by atoms with Gasteiger partial charge in [0, 0.05) is 18.2 Å². The molecule has 1 heterocycles. The normalized spacial score (nSPS) is 14.8. The van der Waals surface area contributed by atoms with Crippen LogP contribution < -0.4 is 14.8 Å². The molecule has 0 radical (unpaired) electrons. The molecule has 1 aliphatic heterocycles. The minimum atomic E-state index is -3.66. The van der Waals surface area contributed by atoms with Gasteiger partial charge in [0.25, 0.3) is 5.91 Å². The van der Waals surface area contributed by atoms with Crippen molar-refractivity contribution in [1.29, 1.82) is 0 Å². The first-order valence-corrected chi connectivity index (χ1v) is 5.03. The standard InChI is InChI=1S/C12H9F2NO3/c1-2-4-10(16)15-7-8-5-3-6-9-11(8)18-12(13,14)17-9/h3-6H,1,7H2,(H,15,16). The zero-order valence-corrected chi connectivity index (χ0v) is 9.20. The second-order valence-corrected chi connectivity index (χ2v) is 3.48. The molecule has 0 bridgehead atoms. The summed E-state index contributed by atoms with van der Waals surface area (Å²) in [7, 11) is 0. The number of carbonyl (C=O) groups is 1. The number of ether oxygens (including phenoxy) is 2. The number of alkyl halides is 2. The Hall–Kier alpha value is -2.33. The van der Waals surface area contributed by atoms with Gasteiger partial charge in [-0.05, 0) is 6.07 Å². The summed E-state index contributed by atoms with van der Waals surface area (Å²) in [6.45, 7) is 3.29. The van der Waals surface area contributed by atoms with Crippen LogP contribution in [-0.4, -0.2) is 12.2 Å². The molecule has 0 fully saturated rings. The van der Waals surface area contributed by atoms with Gasteiger partial charge in [0.15, 0.2) is 11.5 Å². The predicted octanol–water partition coefficient (Wildman–Crippen LogP) is 1.97. The number of halogens is 2. The number of hydrogen-bond donors (Lipinski definition) is 1. The SMILES string of the molecule is C=C=CC(=O)NCc1cccc2c1OC(F)(F)O2. The van der Waals surface area contributed by atoms with Crippen LogP contribution in [0.15, 0.2) is 36.6 Å². The molecule has 1 amide bonds. The zero-order valence-electron chi connectivity index (χ0n) is 9.20. The van der Waals surface area contributed by atoms with Crippen molar-refractivity contribution in [1.82, 2.24) is 5.32 Å². The maximum atomic E-state index is 12.9. The van der Waals surface area contributed by atoms with Crippen LogP contribution in [0.4, 0.5) is 8.78 Å². The van der Waals surface area contributed by atoms with E-state index in [4.69, 9.17) is 0 Å². The highest BCUT2D eigenvalue weighted by molar-refractivity contribution is 5.87. The highest BCUT2D eigenvalue weighted by atomic mass is 19.3. The summed E-state index contributed by atoms with van der Waals surface area (Å²) in [6, 6.07) is 4.46. The fraction of sp³-hybridized carbons (Fsp3) is 0.167. The van der Waals surface area contributed by atoms with Crippen LogP contribution in [-0.2, 0) is 11.3 Å². The van der Waals surface area contributed by atoms with E-state index in [9.17, 15) is 13.6 Å². The Kier molecular flexibility index (Phi) is 3.04. The lowest BCUT2D eigenvalue weighted by Gasteiger charge is -2.07. The van der Waals surface area contributed by atoms with Gasteiger partial charge in [-0.2, -0.15) is 0 Å². The van der Waals surface area contributed by atoms with Crippen LogP contribution in [0.5, 0.6) is 11.5 Å². The zero-order chi connectivity index (χ0) is 13.2. The molecule has 0 unspecified atom stereocenters. The smallest absolute Gasteiger partial charge is 0.395 e. The molecule has 1 aliphatic rings. The molecule has 0 aliphatic carbocycles. The lowest BCUT2D eigenvalue weighted by molar-refractivity contribution is -0.286. The van der Waals surface area contributed by atoms with Crippen molar-refractivity contribution in [3.05, 3.63) is 42.1 Å². The van der Waals surface area contributed by atoms with Crippen LogP contribution in [0.25, 0.3) is 0 Å². The van der Waals surface area contributed by atoms with E-state index in [0.29, 0.717) is 5.56 Å². The molecule has 0 spiro atoms. The van der Waals surface area contributed by atoms with Gasteiger partial charge in [0.1, 0.15) is 0 Å². The molecule has 1 aromatic rings. The fourth-order valence-corrected chi connectivity index (χ4v) is 1.49. The number of fused-ring (bicyclic) bond motifs is 1. The van der Waals surface area contributed by atoms with Crippen molar-refractivity contribution >= 4 is 5.91 Å². The molecule has 0 saturated carbocycles. The number of rotatable bonds is 3. The van der Waals surface area contributed by atoms with E-state index in [1.807, 2.05) is 0 Å². The molecule has 1 aromatic carbocycles. The Morgan fingerprint density at radius 3 is 3.00 bits per heavy atom. The van der Waals surface area contributed by atoms with Gasteiger partial charge in [-0.1, -0.05) is 18.7 Å². The van der Waals surface area contributed by atoms with Crippen molar-refractivity contribution in [3.8, 4) is 11.5 Å². The molecule has 94 valence electrons. The minimum Gasteiger partial charge on any atom is -0.395 e. The molecule has 6 heteroatoms. The molecular formula is C12H9F2NO3. The van der Waals surface area contributed by atoms with E-state index in [2.05, 4.69) is 27.1 Å². The molecule has 2 rings (SSSR count). The quantitative estimate of drug-likeness (QED) is 0.661. The third-order valence-corrected chi connectivity index (χ3v) is 2.20. The van der Waals surface area contributed by atoms with Crippen molar-refractivity contribution in [2.45, 2.75) is 12.8 Å². The number of benzene rings is 1. The number of amides is 1. The molecule has 4 nitrogen and oxygen atoms in total. The summed E-state index contributed by atoms with van der Waals surface area (Å²) in [6.07, 6.45) is -2.56. The number of hydrogen-bond acceptors (Lipinski definition) is 3. The van der Waals surface area contributed by atoms with Gasteiger partial charge in [-0.25, -0.2) is 0 Å². The van der Waals surface area contributed by atoms with E-state index in [-0.39, 0.29) is 18.0 Å². The molecule has 18 heavy (non-hydrogen) atoms. The molecule has 0 atom stereocenters. The Labute approximate surface area is 102 Å². The lowest BCUT2D eigenvalue weighted by Crippen LogP contribution is -2.26. The van der Waals surface area contributed by atoms with Gasteiger partial charge in [0.2, 0.25) is 0 Å². The minimum absolute atomic E-state index is 0.0413. The average Bonchev–Trinajstić information content (AvgIpc) is 2.61. The Balaban J connectivity index is 2.14. The highest BCUT2D eigenvalue weighted by Gasteiger charge is 2.44. The average molecular weight is 253 g/mol. The van der Waals surface area contributed by atoms with Crippen molar-refractivity contribution in [2.24, 2.45) is 0 Å². The van der Waals surface area contributed by atoms with Crippen LogP contribution in [0.1, 0.15) is 5.56 Å². The van der Waals surface area contributed by atoms with E-state index in [0.717, 1.165) is 6.08 Å². The van der Waals surface area contributed by atoms with Crippen molar-refractivity contribution in [2.75, 3.05) is 0 Å². The monoisotopic (exact) mass is 253 g/mol. The van der Waals surface area contributed by atoms with E-state index >= 15 is 0 Å². The van der Waals surface area contributed by atoms with Crippen LogP contribution in [0.2, 0.25) is 0 Å². The summed E-state index contributed by atoms with van der Waals surface area (Å²) in [4.78, 5) is 11.2. The van der Waals surface area contributed by atoms with Gasteiger partial charge < -0.3 is 14.8 Å². The topological polar surface area (TPSA) is 47.6 Å². The van der Waals surface area contributed by atoms with Gasteiger partial charge in [0.05, 0.1) is 0 Å². The lowest BCUT2D eigenvalue weighted by atomic mass is 10.2. The third kappa shape index (κ3) is 2.49. The number of para-hydroxylation sites is 1. The van der Waals surface area contributed by atoms with Gasteiger partial charge >= 0.3 is 6.29 Å². The summed E-state index contributed by atoms with van der Waals surface area (Å²) < 4.78 is 34.4. The van der Waals surface area contributed by atoms with E-state index < -0.39 is 12.2 Å². The van der Waals surface area contributed by atoms with Crippen LogP contribution in [0.3, 0.4) is 0 Å². The first-order chi connectivity index (χ1) is 8.52. The van der Waals surface area contributed by atoms with Gasteiger partial charge in [-0.15, -0.1) is 14.5 Å². The Morgan fingerprint density at radius 2 is 2.28 bits per heavy atom. The molecule has 0 aromatic heterocycles. The first kappa shape index (κ1) is 12.1. The van der Waals surface area contributed by atoms with E-state index in [1.54, 1.807) is 6.07 Å². The maximum Gasteiger partial charge on any atom is 0.586 e. The predicted molar refractivity (Wildman–Crippen MR) is 58.2 cm³/mol. The molecule has 1 N–H and O–H groups in total. The molecular weight excluding hydrogens is 244 g/mol. The van der Waals surface area contributed by atoms with Crippen LogP contribution >= 0.6 is 0 Å². The second-order valence-electron chi connectivity index (χ2n) is 3.48. The van der Waals surface area contributed by atoms with E-state index in [1.165, 1.54) is 12.1 Å². The first-order valence-electron chi connectivity index (χ1n) is 5.03. The van der Waals surface area contributed by atoms with Gasteiger partial charge in [-0.3, -0.25) is 4.79 Å². The fourth-order valence-electron chi connectivity index (χ4n) is 1.49. The summed E-state index contributed by atoms with van der Waals surface area (Å²) >= 11 is 0.